The molecule has 1 aliphatic heterocycles. The first-order valence-corrected chi connectivity index (χ1v) is 8.77. The molecular weight excluding hydrogens is 326 g/mol. The SMILES string of the molecule is COC(=O)[C@@H]1CCCN1C(=O)[C@H](CCCCN)NC(=O)OC(C)(C)C. The molecule has 0 spiro atoms. The summed E-state index contributed by atoms with van der Waals surface area (Å²) in [5.74, 6) is -0.709. The fourth-order valence-electron chi connectivity index (χ4n) is 2.81. The zero-order valence-corrected chi connectivity index (χ0v) is 15.7. The van der Waals surface area contributed by atoms with Crippen LogP contribution in [0.3, 0.4) is 0 Å². The van der Waals surface area contributed by atoms with E-state index >= 15 is 0 Å². The van der Waals surface area contributed by atoms with E-state index in [-0.39, 0.29) is 5.91 Å². The van der Waals surface area contributed by atoms with Crippen molar-refractivity contribution in [1.29, 1.82) is 0 Å². The Morgan fingerprint density at radius 1 is 1.28 bits per heavy atom. The van der Waals surface area contributed by atoms with Crippen molar-refractivity contribution in [3.05, 3.63) is 0 Å². The van der Waals surface area contributed by atoms with Gasteiger partial charge in [-0.1, -0.05) is 0 Å². The number of rotatable bonds is 7. The smallest absolute Gasteiger partial charge is 0.408 e. The van der Waals surface area contributed by atoms with Crippen molar-refractivity contribution in [3.63, 3.8) is 0 Å². The molecule has 0 aromatic carbocycles. The number of hydrogen-bond acceptors (Lipinski definition) is 6. The topological polar surface area (TPSA) is 111 Å². The molecule has 2 amide bonds. The van der Waals surface area contributed by atoms with Gasteiger partial charge in [0.1, 0.15) is 17.7 Å². The Morgan fingerprint density at radius 2 is 1.96 bits per heavy atom. The predicted octanol–water partition coefficient (Wildman–Crippen LogP) is 1.17. The molecule has 0 aromatic rings. The van der Waals surface area contributed by atoms with Crippen molar-refractivity contribution in [3.8, 4) is 0 Å². The number of alkyl carbamates (subject to hydrolysis) is 1. The minimum atomic E-state index is -0.744. The molecule has 25 heavy (non-hydrogen) atoms. The second-order valence-corrected chi connectivity index (χ2v) is 7.20. The van der Waals surface area contributed by atoms with Crippen LogP contribution in [0.2, 0.25) is 0 Å². The fraction of sp³-hybridized carbons (Fsp3) is 0.824. The van der Waals surface area contributed by atoms with Crippen molar-refractivity contribution in [1.82, 2.24) is 10.2 Å². The molecule has 0 unspecified atom stereocenters. The van der Waals surface area contributed by atoms with Crippen molar-refractivity contribution < 1.29 is 23.9 Å². The molecule has 144 valence electrons. The Kier molecular flexibility index (Phi) is 8.15. The zero-order chi connectivity index (χ0) is 19.0. The molecule has 3 N–H and O–H groups in total. The summed E-state index contributed by atoms with van der Waals surface area (Å²) in [4.78, 5) is 38.3. The van der Waals surface area contributed by atoms with Crippen molar-refractivity contribution >= 4 is 18.0 Å². The van der Waals surface area contributed by atoms with Gasteiger partial charge in [-0.05, 0) is 59.4 Å². The molecule has 0 bridgehead atoms. The standard InChI is InChI=1S/C17H31N3O5/c1-17(2,3)25-16(23)19-12(8-5-6-10-18)14(21)20-11-7-9-13(20)15(22)24-4/h12-13H,5-11,18H2,1-4H3,(H,19,23)/t12-,13-/m0/s1. The normalized spacial score (nSPS) is 18.6. The van der Waals surface area contributed by atoms with Gasteiger partial charge in [-0.15, -0.1) is 0 Å². The highest BCUT2D eigenvalue weighted by molar-refractivity contribution is 5.90. The lowest BCUT2D eigenvalue weighted by Gasteiger charge is -2.29. The largest absolute Gasteiger partial charge is 0.467 e. The van der Waals surface area contributed by atoms with Crippen LogP contribution >= 0.6 is 0 Å². The number of methoxy groups -OCH3 is 1. The number of nitrogens with zero attached hydrogens (tertiary/aromatic N) is 1. The minimum Gasteiger partial charge on any atom is -0.467 e. The molecule has 8 heteroatoms. The fourth-order valence-corrected chi connectivity index (χ4v) is 2.81. The minimum absolute atomic E-state index is 0.282. The van der Waals surface area contributed by atoms with Gasteiger partial charge in [-0.25, -0.2) is 9.59 Å². The average Bonchev–Trinajstić information content (AvgIpc) is 3.00. The molecule has 8 nitrogen and oxygen atoms in total. The number of unbranched alkanes of at least 4 members (excludes halogenated alkanes) is 1. The van der Waals surface area contributed by atoms with Crippen molar-refractivity contribution in [2.45, 2.75) is 70.6 Å². The van der Waals surface area contributed by atoms with Gasteiger partial charge < -0.3 is 25.4 Å². The molecule has 1 aliphatic rings. The number of amides is 2. The highest BCUT2D eigenvalue weighted by Gasteiger charge is 2.38. The second-order valence-electron chi connectivity index (χ2n) is 7.20. The summed E-state index contributed by atoms with van der Waals surface area (Å²) in [5, 5.41) is 2.64. The number of likely N-dealkylation sites (tertiary alicyclic amines) is 1. The molecular formula is C17H31N3O5. The molecule has 0 aromatic heterocycles. The number of ether oxygens (including phenoxy) is 2. The Balaban J connectivity index is 2.81. The van der Waals surface area contributed by atoms with E-state index in [0.717, 1.165) is 12.8 Å². The van der Waals surface area contributed by atoms with E-state index in [1.165, 1.54) is 12.0 Å². The van der Waals surface area contributed by atoms with E-state index in [9.17, 15) is 14.4 Å². The van der Waals surface area contributed by atoms with Crippen LogP contribution < -0.4 is 11.1 Å². The van der Waals surface area contributed by atoms with Gasteiger partial charge in [-0.3, -0.25) is 4.79 Å². The van der Waals surface area contributed by atoms with Crippen molar-refractivity contribution in [2.24, 2.45) is 5.73 Å². The number of carbonyl (C=O) groups is 3. The number of nitrogens with two attached hydrogens (primary N) is 1. The predicted molar refractivity (Wildman–Crippen MR) is 92.8 cm³/mol. The van der Waals surface area contributed by atoms with Crippen LogP contribution in [0.5, 0.6) is 0 Å². The number of nitrogens with one attached hydrogen (secondary N) is 1. The first-order valence-electron chi connectivity index (χ1n) is 8.77. The molecule has 0 aliphatic carbocycles. The van der Waals surface area contributed by atoms with Crippen LogP contribution in [-0.4, -0.2) is 60.8 Å². The van der Waals surface area contributed by atoms with E-state index in [1.54, 1.807) is 20.8 Å². The van der Waals surface area contributed by atoms with Gasteiger partial charge in [0, 0.05) is 6.54 Å². The quantitative estimate of drug-likeness (QED) is 0.523. The van der Waals surface area contributed by atoms with Crippen LogP contribution in [0.25, 0.3) is 0 Å². The van der Waals surface area contributed by atoms with Crippen LogP contribution in [-0.2, 0) is 19.1 Å². The highest BCUT2D eigenvalue weighted by Crippen LogP contribution is 2.21. The first-order chi connectivity index (χ1) is 11.7. The summed E-state index contributed by atoms with van der Waals surface area (Å²) < 4.78 is 10.0. The molecule has 1 fully saturated rings. The van der Waals surface area contributed by atoms with Gasteiger partial charge in [0.05, 0.1) is 7.11 Å². The molecule has 1 saturated heterocycles. The van der Waals surface area contributed by atoms with E-state index in [2.05, 4.69) is 5.32 Å². The van der Waals surface area contributed by atoms with E-state index in [1.807, 2.05) is 0 Å². The third kappa shape index (κ3) is 6.89. The number of esters is 1. The maximum atomic E-state index is 12.9. The maximum Gasteiger partial charge on any atom is 0.408 e. The van der Waals surface area contributed by atoms with Gasteiger partial charge in [0.15, 0.2) is 0 Å². The summed E-state index contributed by atoms with van der Waals surface area (Å²) in [6, 6.07) is -1.33. The number of carbonyl (C=O) groups excluding carboxylic acids is 3. The van der Waals surface area contributed by atoms with Gasteiger partial charge in [0.2, 0.25) is 5.91 Å². The van der Waals surface area contributed by atoms with Gasteiger partial charge >= 0.3 is 12.1 Å². The summed E-state index contributed by atoms with van der Waals surface area (Å²) >= 11 is 0. The lowest BCUT2D eigenvalue weighted by Crippen LogP contribution is -2.52. The van der Waals surface area contributed by atoms with Gasteiger partial charge in [0.25, 0.3) is 0 Å². The second kappa shape index (κ2) is 9.60. The molecule has 0 saturated carbocycles. The van der Waals surface area contributed by atoms with E-state index in [0.29, 0.717) is 32.4 Å². The van der Waals surface area contributed by atoms with Crippen LogP contribution in [0.1, 0.15) is 52.9 Å². The van der Waals surface area contributed by atoms with Crippen molar-refractivity contribution in [2.75, 3.05) is 20.2 Å². The zero-order valence-electron chi connectivity index (χ0n) is 15.7. The van der Waals surface area contributed by atoms with E-state index in [4.69, 9.17) is 15.2 Å². The summed E-state index contributed by atoms with van der Waals surface area (Å²) in [7, 11) is 1.31. The lowest BCUT2D eigenvalue weighted by molar-refractivity contribution is -0.151. The Bertz CT molecular complexity index is 475. The first kappa shape index (κ1) is 21.2. The third-order valence-corrected chi connectivity index (χ3v) is 3.95. The molecule has 0 radical (unpaired) electrons. The summed E-state index contributed by atoms with van der Waals surface area (Å²) in [5.41, 5.74) is 4.85. The summed E-state index contributed by atoms with van der Waals surface area (Å²) in [6.07, 6.45) is 2.54. The van der Waals surface area contributed by atoms with Gasteiger partial charge in [-0.2, -0.15) is 0 Å². The Morgan fingerprint density at radius 3 is 2.52 bits per heavy atom. The number of hydrogen-bond donors (Lipinski definition) is 2. The lowest BCUT2D eigenvalue weighted by atomic mass is 10.1. The average molecular weight is 357 g/mol. The van der Waals surface area contributed by atoms with Crippen LogP contribution in [0.4, 0.5) is 4.79 Å². The molecule has 1 rings (SSSR count). The molecule has 2 atom stereocenters. The van der Waals surface area contributed by atoms with Crippen LogP contribution in [0.15, 0.2) is 0 Å². The third-order valence-electron chi connectivity index (χ3n) is 3.95. The van der Waals surface area contributed by atoms with Crippen LogP contribution in [0, 0.1) is 0 Å². The monoisotopic (exact) mass is 357 g/mol. The highest BCUT2D eigenvalue weighted by atomic mass is 16.6. The Hall–Kier alpha value is -1.83. The molecule has 1 heterocycles. The Labute approximate surface area is 149 Å². The summed E-state index contributed by atoms with van der Waals surface area (Å²) in [6.45, 7) is 6.26. The maximum absolute atomic E-state index is 12.9. The van der Waals surface area contributed by atoms with E-state index < -0.39 is 29.7 Å².